The fraction of sp³-hybridized carbons (Fsp3) is 0.250. The van der Waals surface area contributed by atoms with Crippen LogP contribution in [0, 0.1) is 0 Å². The van der Waals surface area contributed by atoms with E-state index in [1.807, 2.05) is 0 Å². The Hall–Kier alpha value is -4.43. The fourth-order valence-electron chi connectivity index (χ4n) is 14.9. The molecule has 0 bridgehead atoms. The molecule has 9 aromatic carbocycles. The van der Waals surface area contributed by atoms with Gasteiger partial charge in [0.15, 0.2) is 0 Å². The second-order valence-electron chi connectivity index (χ2n) is 20.1. The molecule has 0 saturated heterocycles. The Bertz CT molecular complexity index is 3520. The molecule has 7 aliphatic rings. The highest BCUT2D eigenvalue weighted by Crippen LogP contribution is 2.76. The maximum absolute atomic E-state index is 3.90. The average Bonchev–Trinajstić information content (AvgIpc) is 3.86. The molecule has 9 aromatic rings. The molecule has 232 valence electrons. The van der Waals surface area contributed by atoms with Crippen LogP contribution in [-0.4, -0.2) is 16.1 Å². The molecule has 16 rings (SSSR count). The van der Waals surface area contributed by atoms with E-state index in [0.29, 0.717) is 11.8 Å². The summed E-state index contributed by atoms with van der Waals surface area (Å²) < 4.78 is 0. The van der Waals surface area contributed by atoms with E-state index in [9.17, 15) is 0 Å². The Balaban J connectivity index is 1.35. The third kappa shape index (κ3) is 1.92. The number of hydrogen-bond acceptors (Lipinski definition) is 0. The smallest absolute Gasteiger partial charge is 0.0457 e. The van der Waals surface area contributed by atoms with E-state index >= 15 is 0 Å². The van der Waals surface area contributed by atoms with Crippen LogP contribution in [0.25, 0.3) is 97.3 Å². The van der Waals surface area contributed by atoms with Crippen LogP contribution < -0.4 is 0 Å². The van der Waals surface area contributed by atoms with Crippen molar-refractivity contribution in [2.45, 2.75) is 74.0 Å². The largest absolute Gasteiger partial charge is 0.0726 e. The monoisotopic (exact) mass is 664 g/mol. The summed E-state index contributed by atoms with van der Waals surface area (Å²) in [6.45, 7) is 15.7. The van der Waals surface area contributed by atoms with Crippen LogP contribution >= 0.6 is 0 Å². The topological polar surface area (TPSA) is 0 Å². The van der Waals surface area contributed by atoms with E-state index in [-0.39, 0.29) is 10.8 Å². The zero-order valence-corrected chi connectivity index (χ0v) is 31.2. The molecule has 0 N–H and O–H groups in total. The first-order chi connectivity index (χ1) is 24.0. The number of allylic oxidation sites excluding steroid dienone is 4. The molecule has 0 amide bonds. The minimum Gasteiger partial charge on any atom is -0.0726 e. The summed E-state index contributed by atoms with van der Waals surface area (Å²) in [6.07, 6.45) is 5.64. The molecule has 0 spiro atoms. The van der Waals surface area contributed by atoms with Gasteiger partial charge in [-0.15, -0.1) is 0 Å². The average molecular weight is 665 g/mol. The zero-order chi connectivity index (χ0) is 32.7. The van der Waals surface area contributed by atoms with E-state index in [1.165, 1.54) is 45.1 Å². The lowest BCUT2D eigenvalue weighted by molar-refractivity contribution is 0.629. The van der Waals surface area contributed by atoms with E-state index in [1.54, 1.807) is 109 Å². The van der Waals surface area contributed by atoms with Gasteiger partial charge < -0.3 is 0 Å². The molecular formula is C48H32Si2. The zero-order valence-electron chi connectivity index (χ0n) is 29.2. The van der Waals surface area contributed by atoms with Gasteiger partial charge in [0.05, 0.1) is 0 Å². The predicted octanol–water partition coefficient (Wildman–Crippen LogP) is 12.9. The standard InChI is InChI=1S/C48H32Si2/c1-49(2,3)17-47-15-16-48(18-50(4,5)6)26-14-12-24-22-10-8-20-19-7-9-21-23-11-13-25(47)33-31(23)36-29(21)27(19)35-28(20)30(22)37-32(24)34(26)44-42-40(37)38(35)39(36)41(42)43(33)45(47)46(44)48/h7,9,11-16,28,30H,17-18H2,1-6H3. The van der Waals surface area contributed by atoms with Crippen LogP contribution in [0.1, 0.15) is 56.3 Å². The van der Waals surface area contributed by atoms with Crippen molar-refractivity contribution >= 4 is 113 Å². The molecule has 0 aliphatic heterocycles. The molecule has 0 aromatic heterocycles. The van der Waals surface area contributed by atoms with Crippen molar-refractivity contribution in [3.63, 3.8) is 0 Å². The lowest BCUT2D eigenvalue weighted by Gasteiger charge is -2.45. The van der Waals surface area contributed by atoms with Gasteiger partial charge in [-0.3, -0.25) is 0 Å². The van der Waals surface area contributed by atoms with E-state index in [0.717, 1.165) is 0 Å². The second kappa shape index (κ2) is 6.34. The summed E-state index contributed by atoms with van der Waals surface area (Å²) in [5, 5.41) is 25.6. The number of rotatable bonds is 4. The number of fused-ring (bicyclic) bond motifs is 5. The summed E-state index contributed by atoms with van der Waals surface area (Å²) in [6, 6.07) is 17.8. The van der Waals surface area contributed by atoms with Crippen LogP contribution in [0.4, 0.5) is 0 Å². The van der Waals surface area contributed by atoms with Gasteiger partial charge in [0.2, 0.25) is 0 Å². The maximum Gasteiger partial charge on any atom is 0.0457 e. The van der Waals surface area contributed by atoms with Crippen molar-refractivity contribution in [3.05, 3.63) is 105 Å². The van der Waals surface area contributed by atoms with Crippen LogP contribution in [0.15, 0.2) is 60.0 Å². The summed E-state index contributed by atoms with van der Waals surface area (Å²) in [7, 11) is -3.09. The van der Waals surface area contributed by atoms with Gasteiger partial charge in [0.1, 0.15) is 0 Å². The third-order valence-corrected chi connectivity index (χ3v) is 18.6. The lowest BCUT2D eigenvalue weighted by atomic mass is 9.64. The Kier molecular flexibility index (Phi) is 3.13. The summed E-state index contributed by atoms with van der Waals surface area (Å²) in [4.78, 5) is 0. The summed E-state index contributed by atoms with van der Waals surface area (Å²) in [5.41, 5.74) is 23.4. The lowest BCUT2D eigenvalue weighted by Crippen LogP contribution is -2.42. The minimum absolute atomic E-state index is 0.0620. The first kappa shape index (κ1) is 24.7. The Morgan fingerprint density at radius 1 is 0.460 bits per heavy atom. The molecule has 0 saturated carbocycles. The quantitative estimate of drug-likeness (QED) is 0.0760. The van der Waals surface area contributed by atoms with Crippen molar-refractivity contribution < 1.29 is 0 Å². The normalized spacial score (nSPS) is 26.8. The second-order valence-corrected chi connectivity index (χ2v) is 31.0. The van der Waals surface area contributed by atoms with E-state index < -0.39 is 16.1 Å². The highest BCUT2D eigenvalue weighted by Gasteiger charge is 2.59. The maximum atomic E-state index is 3.90. The molecule has 0 heterocycles. The molecule has 4 atom stereocenters. The van der Waals surface area contributed by atoms with Gasteiger partial charge in [0.25, 0.3) is 0 Å². The fourth-order valence-corrected chi connectivity index (χ4v) is 19.2. The highest BCUT2D eigenvalue weighted by molar-refractivity contribution is 6.77. The Morgan fingerprint density at radius 2 is 0.880 bits per heavy atom. The van der Waals surface area contributed by atoms with Crippen molar-refractivity contribution in [2.75, 3.05) is 0 Å². The van der Waals surface area contributed by atoms with Gasteiger partial charge in [-0.1, -0.05) is 99.3 Å². The van der Waals surface area contributed by atoms with Crippen LogP contribution in [-0.2, 0) is 10.8 Å². The van der Waals surface area contributed by atoms with E-state index in [2.05, 4.69) is 99.3 Å². The van der Waals surface area contributed by atoms with E-state index in [4.69, 9.17) is 0 Å². The summed E-state index contributed by atoms with van der Waals surface area (Å²) in [5.74, 6) is 0.712. The molecule has 4 unspecified atom stereocenters. The molecule has 0 nitrogen and oxygen atoms in total. The van der Waals surface area contributed by atoms with Gasteiger partial charge in [-0.25, -0.2) is 0 Å². The molecule has 0 fully saturated rings. The Morgan fingerprint density at radius 3 is 1.46 bits per heavy atom. The molecular weight excluding hydrogens is 633 g/mol. The molecule has 50 heavy (non-hydrogen) atoms. The third-order valence-electron chi connectivity index (χ3n) is 15.3. The Labute approximate surface area is 290 Å². The van der Waals surface area contributed by atoms with Crippen LogP contribution in [0.5, 0.6) is 0 Å². The first-order valence-electron chi connectivity index (χ1n) is 19.0. The highest BCUT2D eigenvalue weighted by atomic mass is 28.3. The van der Waals surface area contributed by atoms with Gasteiger partial charge in [-0.05, 0) is 143 Å². The number of benzene rings is 7. The van der Waals surface area contributed by atoms with Crippen LogP contribution in [0.3, 0.4) is 0 Å². The van der Waals surface area contributed by atoms with Gasteiger partial charge in [0, 0.05) is 50.0 Å². The minimum atomic E-state index is -1.55. The summed E-state index contributed by atoms with van der Waals surface area (Å²) >= 11 is 0. The number of hydrogen-bond donors (Lipinski definition) is 0. The van der Waals surface area contributed by atoms with Crippen molar-refractivity contribution in [1.29, 1.82) is 0 Å². The van der Waals surface area contributed by atoms with Gasteiger partial charge >= 0.3 is 0 Å². The molecule has 2 heteroatoms. The molecule has 0 radical (unpaired) electrons. The molecule has 7 aliphatic carbocycles. The van der Waals surface area contributed by atoms with Crippen molar-refractivity contribution in [3.8, 4) is 0 Å². The predicted molar refractivity (Wildman–Crippen MR) is 218 cm³/mol. The van der Waals surface area contributed by atoms with Crippen molar-refractivity contribution in [1.82, 2.24) is 0 Å². The van der Waals surface area contributed by atoms with Crippen LogP contribution in [0.2, 0.25) is 51.4 Å². The van der Waals surface area contributed by atoms with Gasteiger partial charge in [-0.2, -0.15) is 0 Å². The first-order valence-corrected chi connectivity index (χ1v) is 26.5. The SMILES string of the molecule is C[Si](C)(C)CC12C=CC3(C[Si](C)(C)C)c4ccc5c6ccc7c8c9c%10c%11c%12c%13c(ccc1c%13c1c2c3c2c4c5c(c86)c%10c2c1%11)C1=C=C=C7C9C1%12. The van der Waals surface area contributed by atoms with Crippen molar-refractivity contribution in [2.24, 2.45) is 0 Å².